The number of nitrogens with zero attached hydrogens (tertiary/aromatic N) is 2. The summed E-state index contributed by atoms with van der Waals surface area (Å²) >= 11 is 6.00. The monoisotopic (exact) mass is 382 g/mol. The van der Waals surface area contributed by atoms with Crippen LogP contribution in [0.4, 0.5) is 5.69 Å². The zero-order chi connectivity index (χ0) is 18.9. The average Bonchev–Trinajstić information content (AvgIpc) is 2.70. The van der Waals surface area contributed by atoms with Crippen LogP contribution in [0.15, 0.2) is 53.6 Å². The molecule has 27 heavy (non-hydrogen) atoms. The lowest BCUT2D eigenvalue weighted by Crippen LogP contribution is -2.45. The molecule has 2 aromatic carbocycles. The zero-order valence-electron chi connectivity index (χ0n) is 15.1. The van der Waals surface area contributed by atoms with Crippen LogP contribution < -0.4 is 16.2 Å². The van der Waals surface area contributed by atoms with Crippen molar-refractivity contribution in [2.45, 2.75) is 19.3 Å². The fourth-order valence-corrected chi connectivity index (χ4v) is 4.11. The van der Waals surface area contributed by atoms with Crippen LogP contribution in [0.25, 0.3) is 10.9 Å². The van der Waals surface area contributed by atoms with E-state index in [-0.39, 0.29) is 11.0 Å². The normalized spacial score (nSPS) is 16.6. The van der Waals surface area contributed by atoms with Crippen LogP contribution >= 0.6 is 11.6 Å². The van der Waals surface area contributed by atoms with Crippen molar-refractivity contribution in [2.75, 3.05) is 24.5 Å². The maximum absolute atomic E-state index is 11.9. The minimum absolute atomic E-state index is 0.102. The Morgan fingerprint density at radius 1 is 1.15 bits per heavy atom. The lowest BCUT2D eigenvalue weighted by molar-refractivity contribution is 0.226. The van der Waals surface area contributed by atoms with Crippen molar-refractivity contribution in [3.63, 3.8) is 0 Å². The first-order chi connectivity index (χ1) is 13.1. The van der Waals surface area contributed by atoms with Gasteiger partial charge in [-0.05, 0) is 67.1 Å². The number of aromatic nitrogens is 2. The van der Waals surface area contributed by atoms with Crippen molar-refractivity contribution >= 4 is 28.2 Å². The summed E-state index contributed by atoms with van der Waals surface area (Å²) in [5.41, 5.74) is 9.34. The van der Waals surface area contributed by atoms with Gasteiger partial charge in [0.1, 0.15) is 0 Å². The van der Waals surface area contributed by atoms with Gasteiger partial charge in [-0.25, -0.2) is 4.98 Å². The third-order valence-electron chi connectivity index (χ3n) is 5.74. The molecule has 2 heterocycles. The van der Waals surface area contributed by atoms with E-state index in [0.717, 1.165) is 48.6 Å². The zero-order valence-corrected chi connectivity index (χ0v) is 15.9. The van der Waals surface area contributed by atoms with Gasteiger partial charge in [0.25, 0.3) is 5.56 Å². The summed E-state index contributed by atoms with van der Waals surface area (Å²) < 4.78 is 0. The van der Waals surface area contributed by atoms with Crippen LogP contribution in [-0.2, 0) is 6.42 Å². The molecule has 0 unspecified atom stereocenters. The molecule has 0 saturated carbocycles. The van der Waals surface area contributed by atoms with E-state index in [1.807, 2.05) is 30.3 Å². The molecule has 3 N–H and O–H groups in total. The number of nitrogens with two attached hydrogens (primary N) is 1. The molecule has 1 aromatic heterocycles. The van der Waals surface area contributed by atoms with E-state index in [4.69, 9.17) is 17.3 Å². The quantitative estimate of drug-likeness (QED) is 0.725. The second-order valence-corrected chi connectivity index (χ2v) is 7.86. The average molecular weight is 383 g/mol. The summed E-state index contributed by atoms with van der Waals surface area (Å²) in [6, 6.07) is 13.9. The molecule has 0 radical (unpaired) electrons. The summed E-state index contributed by atoms with van der Waals surface area (Å²) in [4.78, 5) is 21.1. The Labute approximate surface area is 163 Å². The number of rotatable bonds is 4. The molecule has 1 fully saturated rings. The molecule has 1 aliphatic rings. The molecule has 140 valence electrons. The van der Waals surface area contributed by atoms with Gasteiger partial charge in [-0.2, -0.15) is 0 Å². The van der Waals surface area contributed by atoms with Crippen LogP contribution in [0.3, 0.4) is 0 Å². The first-order valence-electron chi connectivity index (χ1n) is 9.26. The second-order valence-electron chi connectivity index (χ2n) is 7.43. The lowest BCUT2D eigenvalue weighted by atomic mass is 9.74. The molecular formula is C21H23ClN4O. The maximum Gasteiger partial charge on any atom is 0.258 e. The predicted octanol–water partition coefficient (Wildman–Crippen LogP) is 3.36. The van der Waals surface area contributed by atoms with Crippen LogP contribution in [0.5, 0.6) is 0 Å². The largest absolute Gasteiger partial charge is 0.371 e. The Balaban J connectivity index is 1.50. The Morgan fingerprint density at radius 3 is 2.59 bits per heavy atom. The first-order valence-corrected chi connectivity index (χ1v) is 9.63. The number of H-pyrrole nitrogens is 1. The van der Waals surface area contributed by atoms with E-state index in [1.54, 1.807) is 0 Å². The summed E-state index contributed by atoms with van der Waals surface area (Å²) in [7, 11) is 0. The molecule has 0 aliphatic carbocycles. The number of nitrogens with one attached hydrogen (secondary N) is 1. The standard InChI is InChI=1S/C21H23ClN4O/c22-16-3-1-15(2-4-16)12-21(13-23)7-9-26(10-8-21)17-5-6-18-19(11-17)24-14-25-20(18)27/h1-6,11,14H,7-10,12-13,23H2,(H,24,25,27). The molecular weight excluding hydrogens is 360 g/mol. The molecule has 1 aliphatic heterocycles. The lowest BCUT2D eigenvalue weighted by Gasteiger charge is -2.42. The maximum atomic E-state index is 11.9. The number of fused-ring (bicyclic) bond motifs is 1. The Morgan fingerprint density at radius 2 is 1.89 bits per heavy atom. The SMILES string of the molecule is NCC1(Cc2ccc(Cl)cc2)CCN(c2ccc3c(=O)[nH]cnc3c2)CC1. The minimum Gasteiger partial charge on any atom is -0.371 e. The number of hydrogen-bond donors (Lipinski definition) is 2. The summed E-state index contributed by atoms with van der Waals surface area (Å²) in [5.74, 6) is 0. The fraction of sp³-hybridized carbons (Fsp3) is 0.333. The van der Waals surface area contributed by atoms with E-state index in [0.29, 0.717) is 11.9 Å². The number of piperidine rings is 1. The topological polar surface area (TPSA) is 75.0 Å². The van der Waals surface area contributed by atoms with Crippen molar-refractivity contribution in [1.82, 2.24) is 9.97 Å². The number of hydrogen-bond acceptors (Lipinski definition) is 4. The van der Waals surface area contributed by atoms with Gasteiger partial charge in [0.2, 0.25) is 0 Å². The molecule has 0 bridgehead atoms. The second kappa shape index (κ2) is 7.33. The van der Waals surface area contributed by atoms with E-state index in [1.165, 1.54) is 11.9 Å². The smallest absolute Gasteiger partial charge is 0.258 e. The van der Waals surface area contributed by atoms with Crippen LogP contribution in [-0.4, -0.2) is 29.6 Å². The molecule has 0 amide bonds. The predicted molar refractivity (Wildman–Crippen MR) is 110 cm³/mol. The Kier molecular flexibility index (Phi) is 4.89. The Bertz CT molecular complexity index is 991. The van der Waals surface area contributed by atoms with Crippen molar-refractivity contribution in [1.29, 1.82) is 0 Å². The number of anilines is 1. The third-order valence-corrected chi connectivity index (χ3v) is 5.99. The molecule has 4 rings (SSSR count). The third kappa shape index (κ3) is 3.70. The van der Waals surface area contributed by atoms with Gasteiger partial charge < -0.3 is 15.6 Å². The van der Waals surface area contributed by atoms with E-state index >= 15 is 0 Å². The van der Waals surface area contributed by atoms with E-state index < -0.39 is 0 Å². The van der Waals surface area contributed by atoms with Gasteiger partial charge in [0.05, 0.1) is 17.2 Å². The summed E-state index contributed by atoms with van der Waals surface area (Å²) in [6.45, 7) is 2.57. The van der Waals surface area contributed by atoms with Crippen molar-refractivity contribution < 1.29 is 0 Å². The number of aromatic amines is 1. The van der Waals surface area contributed by atoms with E-state index in [9.17, 15) is 4.79 Å². The highest BCUT2D eigenvalue weighted by Gasteiger charge is 2.33. The highest BCUT2D eigenvalue weighted by atomic mass is 35.5. The highest BCUT2D eigenvalue weighted by molar-refractivity contribution is 6.30. The fourth-order valence-electron chi connectivity index (χ4n) is 3.98. The molecule has 1 saturated heterocycles. The summed E-state index contributed by atoms with van der Waals surface area (Å²) in [5, 5.41) is 1.39. The number of halogens is 1. The van der Waals surface area contributed by atoms with Gasteiger partial charge in [-0.1, -0.05) is 23.7 Å². The highest BCUT2D eigenvalue weighted by Crippen LogP contribution is 2.36. The van der Waals surface area contributed by atoms with Crippen LogP contribution in [0.2, 0.25) is 5.02 Å². The van der Waals surface area contributed by atoms with Gasteiger partial charge in [0.15, 0.2) is 0 Å². The molecule has 5 nitrogen and oxygen atoms in total. The van der Waals surface area contributed by atoms with Crippen molar-refractivity contribution in [3.8, 4) is 0 Å². The van der Waals surface area contributed by atoms with Crippen LogP contribution in [0.1, 0.15) is 18.4 Å². The van der Waals surface area contributed by atoms with Crippen LogP contribution in [0, 0.1) is 5.41 Å². The molecule has 0 atom stereocenters. The molecule has 0 spiro atoms. The summed E-state index contributed by atoms with van der Waals surface area (Å²) in [6.07, 6.45) is 4.50. The van der Waals surface area contributed by atoms with Crippen molar-refractivity contribution in [3.05, 3.63) is 69.7 Å². The van der Waals surface area contributed by atoms with Gasteiger partial charge >= 0.3 is 0 Å². The first kappa shape index (κ1) is 18.0. The molecule has 6 heteroatoms. The molecule has 3 aromatic rings. The minimum atomic E-state index is -0.102. The Hall–Kier alpha value is -2.37. The van der Waals surface area contributed by atoms with E-state index in [2.05, 4.69) is 27.0 Å². The van der Waals surface area contributed by atoms with Gasteiger partial charge in [-0.3, -0.25) is 4.79 Å². The van der Waals surface area contributed by atoms with Gasteiger partial charge in [0, 0.05) is 23.8 Å². The van der Waals surface area contributed by atoms with Gasteiger partial charge in [-0.15, -0.1) is 0 Å². The number of benzene rings is 2. The van der Waals surface area contributed by atoms with Crippen molar-refractivity contribution in [2.24, 2.45) is 11.1 Å².